The predicted molar refractivity (Wildman–Crippen MR) is 159 cm³/mol. The van der Waals surface area contributed by atoms with Crippen molar-refractivity contribution in [3.63, 3.8) is 0 Å². The van der Waals surface area contributed by atoms with Crippen LogP contribution >= 0.6 is 0 Å². The number of nitrogens with zero attached hydrogens (tertiary/aromatic N) is 1. The number of aromatic nitrogens is 2. The number of aryl methyl sites for hydroxylation is 2. The summed E-state index contributed by atoms with van der Waals surface area (Å²) in [7, 11) is 0. The highest BCUT2D eigenvalue weighted by Crippen LogP contribution is 2.32. The summed E-state index contributed by atoms with van der Waals surface area (Å²) in [6, 6.07) is 19.6. The van der Waals surface area contributed by atoms with E-state index in [2.05, 4.69) is 36.3 Å². The maximum Gasteiger partial charge on any atom is 0.440 e. The van der Waals surface area contributed by atoms with Gasteiger partial charge in [-0.2, -0.15) is 0 Å². The van der Waals surface area contributed by atoms with Crippen molar-refractivity contribution in [2.45, 2.75) is 59.8 Å². The zero-order valence-corrected chi connectivity index (χ0v) is 24.6. The van der Waals surface area contributed by atoms with E-state index < -0.39 is 23.1 Å². The largest absolute Gasteiger partial charge is 0.494 e. The molecule has 0 aliphatic carbocycles. The SMILES string of the molecule is Cc1cc(OCCCNC(=O)OC(C)(C)C)cc(C)c1-c1cccc(COc2ccc(Cn3oc(=O)[nH]c3=O)cc2)c1. The highest BCUT2D eigenvalue weighted by atomic mass is 16.6. The van der Waals surface area contributed by atoms with Crippen LogP contribution in [0.5, 0.6) is 11.5 Å². The highest BCUT2D eigenvalue weighted by molar-refractivity contribution is 5.72. The van der Waals surface area contributed by atoms with Crippen molar-refractivity contribution in [1.82, 2.24) is 15.0 Å². The first-order valence-electron chi connectivity index (χ1n) is 13.8. The minimum atomic E-state index is -0.779. The maximum absolute atomic E-state index is 11.8. The van der Waals surface area contributed by atoms with Gasteiger partial charge in [0.2, 0.25) is 0 Å². The standard InChI is InChI=1S/C32H37N3O7/c1-21-16-27(39-15-7-14-33-30(37)41-32(3,4)5)17-22(2)28(21)25-9-6-8-24(18-25)20-40-26-12-10-23(11-13-26)19-35-29(36)34-31(38)42-35/h6,8-13,16-18H,7,14-15,19-20H2,1-5H3,(H,33,37)(H,34,36,38). The van der Waals surface area contributed by atoms with Crippen LogP contribution in [0.15, 0.2) is 74.8 Å². The Bertz CT molecular complexity index is 1600. The Morgan fingerprint density at radius 3 is 2.29 bits per heavy atom. The zero-order valence-electron chi connectivity index (χ0n) is 24.6. The first-order chi connectivity index (χ1) is 20.0. The smallest absolute Gasteiger partial charge is 0.440 e. The second kappa shape index (κ2) is 13.3. The van der Waals surface area contributed by atoms with Gasteiger partial charge in [-0.1, -0.05) is 30.3 Å². The van der Waals surface area contributed by atoms with Crippen LogP contribution in [0.25, 0.3) is 11.1 Å². The lowest BCUT2D eigenvalue weighted by Crippen LogP contribution is -2.33. The molecular formula is C32H37N3O7. The minimum Gasteiger partial charge on any atom is -0.494 e. The van der Waals surface area contributed by atoms with Gasteiger partial charge in [0.15, 0.2) is 0 Å². The number of aromatic amines is 1. The van der Waals surface area contributed by atoms with E-state index in [1.165, 1.54) is 0 Å². The molecule has 0 aliphatic heterocycles. The van der Waals surface area contributed by atoms with Crippen molar-refractivity contribution in [2.24, 2.45) is 0 Å². The average Bonchev–Trinajstić information content (AvgIpc) is 3.23. The molecule has 0 unspecified atom stereocenters. The third-order valence-electron chi connectivity index (χ3n) is 6.26. The molecule has 0 fully saturated rings. The van der Waals surface area contributed by atoms with Crippen molar-refractivity contribution in [3.8, 4) is 22.6 Å². The molecule has 2 N–H and O–H groups in total. The van der Waals surface area contributed by atoms with Crippen LogP contribution < -0.4 is 26.2 Å². The topological polar surface area (TPSA) is 125 Å². The summed E-state index contributed by atoms with van der Waals surface area (Å²) in [4.78, 5) is 36.6. The van der Waals surface area contributed by atoms with Crippen LogP contribution in [0.1, 0.15) is 49.4 Å². The van der Waals surface area contributed by atoms with Crippen molar-refractivity contribution in [3.05, 3.63) is 104 Å². The van der Waals surface area contributed by atoms with Crippen LogP contribution in [0.2, 0.25) is 0 Å². The summed E-state index contributed by atoms with van der Waals surface area (Å²) in [5.41, 5.74) is 5.15. The molecule has 4 rings (SSSR count). The van der Waals surface area contributed by atoms with Gasteiger partial charge in [-0.25, -0.2) is 19.4 Å². The molecule has 1 amide bonds. The van der Waals surface area contributed by atoms with Gasteiger partial charge in [-0.05, 0) is 105 Å². The maximum atomic E-state index is 11.8. The Kier molecular flexibility index (Phi) is 9.57. The molecule has 3 aromatic carbocycles. The average molecular weight is 576 g/mol. The molecule has 0 spiro atoms. The molecule has 0 bridgehead atoms. The van der Waals surface area contributed by atoms with Crippen LogP contribution in [0.4, 0.5) is 4.79 Å². The lowest BCUT2D eigenvalue weighted by atomic mass is 9.94. The fourth-order valence-electron chi connectivity index (χ4n) is 4.49. The third-order valence-corrected chi connectivity index (χ3v) is 6.26. The van der Waals surface area contributed by atoms with Gasteiger partial charge in [0.25, 0.3) is 0 Å². The zero-order chi connectivity index (χ0) is 30.3. The number of H-pyrrole nitrogens is 1. The molecule has 42 heavy (non-hydrogen) atoms. The number of benzene rings is 3. The normalized spacial score (nSPS) is 11.3. The molecule has 222 valence electrons. The van der Waals surface area contributed by atoms with E-state index >= 15 is 0 Å². The number of nitrogens with one attached hydrogen (secondary N) is 2. The number of ether oxygens (including phenoxy) is 3. The molecule has 4 aromatic rings. The molecular weight excluding hydrogens is 538 g/mol. The molecule has 0 saturated heterocycles. The fraction of sp³-hybridized carbons (Fsp3) is 0.344. The van der Waals surface area contributed by atoms with E-state index in [4.69, 9.17) is 18.7 Å². The summed E-state index contributed by atoms with van der Waals surface area (Å²) >= 11 is 0. The Labute approximate surface area is 244 Å². The molecule has 0 aliphatic rings. The van der Waals surface area contributed by atoms with E-state index in [-0.39, 0.29) is 6.54 Å². The van der Waals surface area contributed by atoms with E-state index in [0.29, 0.717) is 31.9 Å². The van der Waals surface area contributed by atoms with Crippen molar-refractivity contribution in [2.75, 3.05) is 13.2 Å². The Balaban J connectivity index is 1.31. The first-order valence-corrected chi connectivity index (χ1v) is 13.8. The first kappa shape index (κ1) is 30.2. The summed E-state index contributed by atoms with van der Waals surface area (Å²) < 4.78 is 23.0. The van der Waals surface area contributed by atoms with Crippen LogP contribution in [-0.4, -0.2) is 34.6 Å². The lowest BCUT2D eigenvalue weighted by Gasteiger charge is -2.19. The number of carbonyl (C=O) groups is 1. The monoisotopic (exact) mass is 575 g/mol. The molecule has 10 heteroatoms. The Hall–Kier alpha value is -4.73. The third kappa shape index (κ3) is 8.63. The second-order valence-corrected chi connectivity index (χ2v) is 11.0. The van der Waals surface area contributed by atoms with Gasteiger partial charge in [0.1, 0.15) is 23.7 Å². The Morgan fingerprint density at radius 2 is 1.64 bits per heavy atom. The summed E-state index contributed by atoms with van der Waals surface area (Å²) in [6.45, 7) is 11.1. The number of amides is 1. The quantitative estimate of drug-likeness (QED) is 0.232. The molecule has 0 saturated carbocycles. The highest BCUT2D eigenvalue weighted by Gasteiger charge is 2.15. The number of hydrogen-bond donors (Lipinski definition) is 2. The van der Waals surface area contributed by atoms with Crippen LogP contribution in [0, 0.1) is 13.8 Å². The van der Waals surface area contributed by atoms with Crippen molar-refractivity contribution >= 4 is 6.09 Å². The number of carbonyl (C=O) groups excluding carboxylic acids is 1. The van der Waals surface area contributed by atoms with Gasteiger partial charge >= 0.3 is 17.5 Å². The summed E-state index contributed by atoms with van der Waals surface area (Å²) in [5, 5.41) is 2.74. The van der Waals surface area contributed by atoms with Gasteiger partial charge in [-0.15, -0.1) is 4.74 Å². The second-order valence-electron chi connectivity index (χ2n) is 11.0. The number of hydrogen-bond acceptors (Lipinski definition) is 7. The Morgan fingerprint density at radius 1 is 0.929 bits per heavy atom. The van der Waals surface area contributed by atoms with Gasteiger partial charge in [-0.3, -0.25) is 0 Å². The molecule has 1 heterocycles. The van der Waals surface area contributed by atoms with E-state index in [9.17, 15) is 14.4 Å². The molecule has 0 radical (unpaired) electrons. The lowest BCUT2D eigenvalue weighted by molar-refractivity contribution is 0.0525. The van der Waals surface area contributed by atoms with Crippen molar-refractivity contribution < 1.29 is 23.5 Å². The van der Waals surface area contributed by atoms with Gasteiger partial charge < -0.3 is 24.1 Å². The van der Waals surface area contributed by atoms with Gasteiger partial charge in [0.05, 0.1) is 13.2 Å². The van der Waals surface area contributed by atoms with Gasteiger partial charge in [0, 0.05) is 6.54 Å². The van der Waals surface area contributed by atoms with Crippen LogP contribution in [0.3, 0.4) is 0 Å². The molecule has 1 aromatic heterocycles. The number of alkyl carbamates (subject to hydrolysis) is 1. The predicted octanol–water partition coefficient (Wildman–Crippen LogP) is 5.33. The number of rotatable bonds is 11. The minimum absolute atomic E-state index is 0.147. The van der Waals surface area contributed by atoms with Crippen molar-refractivity contribution in [1.29, 1.82) is 0 Å². The fourth-order valence-corrected chi connectivity index (χ4v) is 4.49. The summed E-state index contributed by atoms with van der Waals surface area (Å²) in [5.74, 6) is 0.693. The molecule has 0 atom stereocenters. The van der Waals surface area contributed by atoms with E-state index in [0.717, 1.165) is 43.9 Å². The summed E-state index contributed by atoms with van der Waals surface area (Å²) in [6.07, 6.45) is 0.235. The van der Waals surface area contributed by atoms with E-state index in [1.807, 2.05) is 69.3 Å². The van der Waals surface area contributed by atoms with Crippen LogP contribution in [-0.2, 0) is 17.9 Å². The molecule has 10 nitrogen and oxygen atoms in total. The van der Waals surface area contributed by atoms with E-state index in [1.54, 1.807) is 0 Å².